The van der Waals surface area contributed by atoms with Gasteiger partial charge in [-0.3, -0.25) is 0 Å². The van der Waals surface area contributed by atoms with Crippen molar-refractivity contribution in [2.24, 2.45) is 0 Å². The third-order valence-corrected chi connectivity index (χ3v) is 3.43. The monoisotopic (exact) mass is 300 g/mol. The van der Waals surface area contributed by atoms with E-state index in [0.29, 0.717) is 11.3 Å². The van der Waals surface area contributed by atoms with Crippen LogP contribution in [0, 0.1) is 0 Å². The van der Waals surface area contributed by atoms with Crippen LogP contribution in [-0.2, 0) is 19.4 Å². The van der Waals surface area contributed by atoms with Crippen molar-refractivity contribution in [2.75, 3.05) is 7.11 Å². The topological polar surface area (TPSA) is 69.9 Å². The molecule has 0 radical (unpaired) electrons. The first-order valence-corrected chi connectivity index (χ1v) is 7.06. The zero-order chi connectivity index (χ0) is 15.9. The van der Waals surface area contributed by atoms with Crippen LogP contribution in [0.1, 0.15) is 16.7 Å². The SMILES string of the molecule is COc1cc(C/C=C/Cc2ccc(O)c(CO)c2)ccc1O. The second-order valence-electron chi connectivity index (χ2n) is 5.01. The van der Waals surface area contributed by atoms with Gasteiger partial charge in [-0.05, 0) is 48.2 Å². The van der Waals surface area contributed by atoms with E-state index in [1.54, 1.807) is 18.2 Å². The third-order valence-electron chi connectivity index (χ3n) is 3.43. The molecule has 0 saturated carbocycles. The molecule has 0 amide bonds. The van der Waals surface area contributed by atoms with Crippen LogP contribution < -0.4 is 4.74 Å². The van der Waals surface area contributed by atoms with E-state index in [-0.39, 0.29) is 18.1 Å². The number of methoxy groups -OCH3 is 1. The molecule has 0 saturated heterocycles. The highest BCUT2D eigenvalue weighted by atomic mass is 16.5. The number of phenols is 2. The molecular formula is C18H20O4. The molecule has 4 nitrogen and oxygen atoms in total. The minimum absolute atomic E-state index is 0.117. The Morgan fingerprint density at radius 1 is 0.909 bits per heavy atom. The second kappa shape index (κ2) is 7.52. The number of aliphatic hydroxyl groups is 1. The standard InChI is InChI=1S/C18H20O4/c1-22-18-11-14(7-9-17(18)21)5-3-2-4-13-6-8-16(20)15(10-13)12-19/h2-3,6-11,19-21H,4-5,12H2,1H3/b3-2+. The zero-order valence-electron chi connectivity index (χ0n) is 12.5. The first kappa shape index (κ1) is 15.9. The molecule has 2 rings (SSSR count). The summed E-state index contributed by atoms with van der Waals surface area (Å²) in [5.74, 6) is 0.722. The van der Waals surface area contributed by atoms with Crippen molar-refractivity contribution >= 4 is 0 Å². The molecule has 0 aromatic heterocycles. The lowest BCUT2D eigenvalue weighted by atomic mass is 10.1. The number of allylic oxidation sites excluding steroid dienone is 2. The van der Waals surface area contributed by atoms with Gasteiger partial charge in [0.15, 0.2) is 11.5 Å². The number of benzene rings is 2. The van der Waals surface area contributed by atoms with Crippen molar-refractivity contribution in [1.82, 2.24) is 0 Å². The van der Waals surface area contributed by atoms with Crippen molar-refractivity contribution in [3.05, 3.63) is 65.2 Å². The summed E-state index contributed by atoms with van der Waals surface area (Å²) in [4.78, 5) is 0. The first-order valence-electron chi connectivity index (χ1n) is 7.06. The highest BCUT2D eigenvalue weighted by Gasteiger charge is 2.02. The fourth-order valence-corrected chi connectivity index (χ4v) is 2.18. The Labute approximate surface area is 129 Å². The van der Waals surface area contributed by atoms with E-state index in [1.807, 2.05) is 30.4 Å². The van der Waals surface area contributed by atoms with E-state index < -0.39 is 0 Å². The summed E-state index contributed by atoms with van der Waals surface area (Å²) in [6.07, 6.45) is 5.54. The van der Waals surface area contributed by atoms with Gasteiger partial charge in [-0.2, -0.15) is 0 Å². The van der Waals surface area contributed by atoms with Crippen molar-refractivity contribution < 1.29 is 20.1 Å². The van der Waals surface area contributed by atoms with Crippen LogP contribution in [0.2, 0.25) is 0 Å². The van der Waals surface area contributed by atoms with Gasteiger partial charge < -0.3 is 20.1 Å². The molecule has 4 heteroatoms. The molecule has 3 N–H and O–H groups in total. The van der Waals surface area contributed by atoms with Crippen LogP contribution in [0.4, 0.5) is 0 Å². The van der Waals surface area contributed by atoms with Crippen molar-refractivity contribution in [3.8, 4) is 17.2 Å². The summed E-state index contributed by atoms with van der Waals surface area (Å²) in [5.41, 5.74) is 2.61. The van der Waals surface area contributed by atoms with Crippen LogP contribution in [0.15, 0.2) is 48.6 Å². The van der Waals surface area contributed by atoms with Gasteiger partial charge in [-0.15, -0.1) is 0 Å². The van der Waals surface area contributed by atoms with Crippen LogP contribution in [0.25, 0.3) is 0 Å². The van der Waals surface area contributed by atoms with Gasteiger partial charge in [0.05, 0.1) is 13.7 Å². The van der Waals surface area contributed by atoms with Gasteiger partial charge in [0.25, 0.3) is 0 Å². The molecule has 2 aromatic carbocycles. The molecule has 0 unspecified atom stereocenters. The summed E-state index contributed by atoms with van der Waals surface area (Å²) in [7, 11) is 1.53. The van der Waals surface area contributed by atoms with E-state index in [9.17, 15) is 10.2 Å². The molecule has 0 fully saturated rings. The lowest BCUT2D eigenvalue weighted by Gasteiger charge is -2.05. The lowest BCUT2D eigenvalue weighted by Crippen LogP contribution is -1.89. The van der Waals surface area contributed by atoms with Crippen molar-refractivity contribution in [2.45, 2.75) is 19.4 Å². The highest BCUT2D eigenvalue weighted by molar-refractivity contribution is 5.42. The van der Waals surface area contributed by atoms with E-state index in [2.05, 4.69) is 0 Å². The summed E-state index contributed by atoms with van der Waals surface area (Å²) in [5, 5.41) is 28.2. The smallest absolute Gasteiger partial charge is 0.160 e. The minimum atomic E-state index is -0.170. The number of aliphatic hydroxyl groups excluding tert-OH is 1. The number of rotatable bonds is 6. The van der Waals surface area contributed by atoms with Crippen LogP contribution in [0.3, 0.4) is 0 Å². The van der Waals surface area contributed by atoms with E-state index in [4.69, 9.17) is 9.84 Å². The van der Waals surface area contributed by atoms with Crippen LogP contribution in [0.5, 0.6) is 17.2 Å². The number of ether oxygens (including phenoxy) is 1. The van der Waals surface area contributed by atoms with Gasteiger partial charge in [0.1, 0.15) is 5.75 Å². The zero-order valence-corrected chi connectivity index (χ0v) is 12.5. The lowest BCUT2D eigenvalue weighted by molar-refractivity contribution is 0.275. The highest BCUT2D eigenvalue weighted by Crippen LogP contribution is 2.26. The average Bonchev–Trinajstić information content (AvgIpc) is 2.54. The molecule has 0 aliphatic carbocycles. The molecular weight excluding hydrogens is 280 g/mol. The number of phenolic OH excluding ortho intramolecular Hbond substituents is 1. The Morgan fingerprint density at radius 3 is 2.09 bits per heavy atom. The van der Waals surface area contributed by atoms with Gasteiger partial charge in [0.2, 0.25) is 0 Å². The van der Waals surface area contributed by atoms with Gasteiger partial charge in [-0.25, -0.2) is 0 Å². The number of aromatic hydroxyl groups is 2. The third kappa shape index (κ3) is 4.02. The van der Waals surface area contributed by atoms with Crippen LogP contribution in [-0.4, -0.2) is 22.4 Å². The second-order valence-corrected chi connectivity index (χ2v) is 5.01. The molecule has 22 heavy (non-hydrogen) atoms. The molecule has 0 aliphatic heterocycles. The summed E-state index contributed by atoms with van der Waals surface area (Å²) in [6, 6.07) is 10.5. The molecule has 116 valence electrons. The maximum absolute atomic E-state index is 9.54. The molecule has 0 aliphatic rings. The Morgan fingerprint density at radius 2 is 1.50 bits per heavy atom. The van der Waals surface area contributed by atoms with Gasteiger partial charge in [0, 0.05) is 5.56 Å². The summed E-state index contributed by atoms with van der Waals surface area (Å²) < 4.78 is 5.08. The minimum Gasteiger partial charge on any atom is -0.508 e. The van der Waals surface area contributed by atoms with E-state index in [1.165, 1.54) is 7.11 Å². The van der Waals surface area contributed by atoms with Crippen LogP contribution >= 0.6 is 0 Å². The first-order chi connectivity index (χ1) is 10.6. The Kier molecular flexibility index (Phi) is 5.44. The predicted molar refractivity (Wildman–Crippen MR) is 85.2 cm³/mol. The van der Waals surface area contributed by atoms with Gasteiger partial charge >= 0.3 is 0 Å². The quantitative estimate of drug-likeness (QED) is 0.717. The predicted octanol–water partition coefficient (Wildman–Crippen LogP) is 2.94. The molecule has 2 aromatic rings. The molecule has 0 bridgehead atoms. The largest absolute Gasteiger partial charge is 0.508 e. The fourth-order valence-electron chi connectivity index (χ4n) is 2.18. The Balaban J connectivity index is 1.96. The number of hydrogen-bond donors (Lipinski definition) is 3. The maximum Gasteiger partial charge on any atom is 0.160 e. The molecule has 0 heterocycles. The van der Waals surface area contributed by atoms with Crippen molar-refractivity contribution in [3.63, 3.8) is 0 Å². The number of hydrogen-bond acceptors (Lipinski definition) is 4. The van der Waals surface area contributed by atoms with Crippen molar-refractivity contribution in [1.29, 1.82) is 0 Å². The Bertz CT molecular complexity index is 605. The summed E-state index contributed by atoms with van der Waals surface area (Å²) in [6.45, 7) is -0.170. The van der Waals surface area contributed by atoms with E-state index >= 15 is 0 Å². The van der Waals surface area contributed by atoms with Gasteiger partial charge in [-0.1, -0.05) is 24.3 Å². The molecule has 0 atom stereocenters. The maximum atomic E-state index is 9.54. The normalized spacial score (nSPS) is 11.0. The summed E-state index contributed by atoms with van der Waals surface area (Å²) >= 11 is 0. The van der Waals surface area contributed by atoms with E-state index in [0.717, 1.165) is 24.0 Å². The Hall–Kier alpha value is -2.46. The fraction of sp³-hybridized carbons (Fsp3) is 0.222. The molecule has 0 spiro atoms. The average molecular weight is 300 g/mol.